The summed E-state index contributed by atoms with van der Waals surface area (Å²) in [7, 11) is 0. The van der Waals surface area contributed by atoms with Crippen LogP contribution in [0.3, 0.4) is 0 Å². The van der Waals surface area contributed by atoms with Crippen LogP contribution in [-0.2, 0) is 14.3 Å². The van der Waals surface area contributed by atoms with Gasteiger partial charge in [0.2, 0.25) is 5.91 Å². The Labute approximate surface area is 127 Å². The van der Waals surface area contributed by atoms with Crippen molar-refractivity contribution >= 4 is 29.2 Å². The van der Waals surface area contributed by atoms with E-state index in [2.05, 4.69) is 5.32 Å². The van der Waals surface area contributed by atoms with Gasteiger partial charge < -0.3 is 10.1 Å². The van der Waals surface area contributed by atoms with Gasteiger partial charge in [-0.1, -0.05) is 17.7 Å². The average Bonchev–Trinajstić information content (AvgIpc) is 3.03. The van der Waals surface area contributed by atoms with Gasteiger partial charge >= 0.3 is 5.97 Å². The maximum absolute atomic E-state index is 12.6. The fraction of sp³-hybridized carbons (Fsp3) is 0.500. The molecule has 5 atom stereocenters. The highest BCUT2D eigenvalue weighted by molar-refractivity contribution is 6.31. The van der Waals surface area contributed by atoms with Gasteiger partial charge in [-0.3, -0.25) is 9.59 Å². The number of nitrogens with one attached hydrogen (secondary N) is 1. The monoisotopic (exact) mass is 305 g/mol. The number of aryl methyl sites for hydroxylation is 1. The zero-order valence-corrected chi connectivity index (χ0v) is 12.4. The van der Waals surface area contributed by atoms with Crippen molar-refractivity contribution in [1.82, 2.24) is 0 Å². The molecule has 110 valence electrons. The Morgan fingerprint density at radius 1 is 1.38 bits per heavy atom. The van der Waals surface area contributed by atoms with Crippen LogP contribution < -0.4 is 5.32 Å². The fourth-order valence-electron chi connectivity index (χ4n) is 4.31. The first kappa shape index (κ1) is 13.1. The highest BCUT2D eigenvalue weighted by Crippen LogP contribution is 2.57. The molecule has 5 heteroatoms. The fourth-order valence-corrected chi connectivity index (χ4v) is 4.48. The molecule has 1 heterocycles. The van der Waals surface area contributed by atoms with Crippen molar-refractivity contribution < 1.29 is 14.3 Å². The third-order valence-corrected chi connectivity index (χ3v) is 5.48. The van der Waals surface area contributed by atoms with Crippen molar-refractivity contribution in [2.45, 2.75) is 25.9 Å². The normalized spacial score (nSPS) is 35.9. The van der Waals surface area contributed by atoms with Gasteiger partial charge in [0.05, 0.1) is 11.8 Å². The van der Waals surface area contributed by atoms with Gasteiger partial charge in [-0.25, -0.2) is 0 Å². The van der Waals surface area contributed by atoms with Crippen LogP contribution in [0.15, 0.2) is 18.2 Å². The second kappa shape index (κ2) is 4.47. The summed E-state index contributed by atoms with van der Waals surface area (Å²) in [5.41, 5.74) is 1.68. The summed E-state index contributed by atoms with van der Waals surface area (Å²) in [6.45, 7) is 1.92. The molecule has 3 fully saturated rings. The van der Waals surface area contributed by atoms with E-state index in [9.17, 15) is 9.59 Å². The zero-order chi connectivity index (χ0) is 14.7. The molecule has 1 saturated heterocycles. The van der Waals surface area contributed by atoms with Gasteiger partial charge in [0.25, 0.3) is 0 Å². The van der Waals surface area contributed by atoms with Crippen LogP contribution in [0, 0.1) is 30.6 Å². The van der Waals surface area contributed by atoms with Crippen molar-refractivity contribution in [3.8, 4) is 0 Å². The molecule has 4 rings (SSSR count). The van der Waals surface area contributed by atoms with Crippen LogP contribution in [-0.4, -0.2) is 18.0 Å². The van der Waals surface area contributed by atoms with E-state index < -0.39 is 0 Å². The summed E-state index contributed by atoms with van der Waals surface area (Å²) in [4.78, 5) is 24.6. The lowest BCUT2D eigenvalue weighted by atomic mass is 9.79. The summed E-state index contributed by atoms with van der Waals surface area (Å²) in [6, 6.07) is 5.42. The summed E-state index contributed by atoms with van der Waals surface area (Å²) in [6.07, 6.45) is 1.83. The number of anilines is 1. The van der Waals surface area contributed by atoms with Crippen LogP contribution in [0.2, 0.25) is 5.02 Å². The topological polar surface area (TPSA) is 55.4 Å². The van der Waals surface area contributed by atoms with E-state index in [0.29, 0.717) is 5.02 Å². The molecule has 3 aliphatic rings. The van der Waals surface area contributed by atoms with Crippen LogP contribution >= 0.6 is 11.6 Å². The molecular formula is C16H16ClNO3. The molecule has 1 N–H and O–H groups in total. The highest BCUT2D eigenvalue weighted by Gasteiger charge is 2.63. The molecule has 21 heavy (non-hydrogen) atoms. The van der Waals surface area contributed by atoms with Gasteiger partial charge in [0.1, 0.15) is 6.10 Å². The summed E-state index contributed by atoms with van der Waals surface area (Å²) in [5.74, 6) is -0.231. The van der Waals surface area contributed by atoms with E-state index in [1.165, 1.54) is 0 Å². The van der Waals surface area contributed by atoms with E-state index in [-0.39, 0.29) is 41.7 Å². The number of amides is 1. The van der Waals surface area contributed by atoms with E-state index in [4.69, 9.17) is 16.3 Å². The first-order chi connectivity index (χ1) is 10.0. The minimum absolute atomic E-state index is 0.0597. The molecule has 1 aromatic carbocycles. The number of rotatable bonds is 2. The molecule has 4 nitrogen and oxygen atoms in total. The number of fused-ring (bicyclic) bond motifs is 1. The molecule has 1 aliphatic heterocycles. The number of hydrogen-bond donors (Lipinski definition) is 1. The largest absolute Gasteiger partial charge is 0.462 e. The number of ether oxygens (including phenoxy) is 1. The molecule has 0 aromatic heterocycles. The van der Waals surface area contributed by atoms with Crippen LogP contribution in [0.5, 0.6) is 0 Å². The second-order valence-electron chi connectivity index (χ2n) is 6.37. The molecule has 1 amide bonds. The Bertz CT molecular complexity index is 642. The molecule has 2 saturated carbocycles. The van der Waals surface area contributed by atoms with Gasteiger partial charge in [-0.2, -0.15) is 0 Å². The Morgan fingerprint density at radius 3 is 3.00 bits per heavy atom. The van der Waals surface area contributed by atoms with Crippen molar-refractivity contribution in [3.63, 3.8) is 0 Å². The zero-order valence-electron chi connectivity index (χ0n) is 11.6. The minimum atomic E-state index is -0.250. The first-order valence-corrected chi connectivity index (χ1v) is 7.70. The lowest BCUT2D eigenvalue weighted by molar-refractivity contribution is -0.145. The smallest absolute Gasteiger partial charge is 0.310 e. The highest BCUT2D eigenvalue weighted by atomic mass is 35.5. The molecule has 2 aliphatic carbocycles. The molecule has 0 radical (unpaired) electrons. The summed E-state index contributed by atoms with van der Waals surface area (Å²) < 4.78 is 5.37. The van der Waals surface area contributed by atoms with Crippen molar-refractivity contribution in [2.75, 3.05) is 5.32 Å². The molecule has 1 aromatic rings. The number of carbonyl (C=O) groups excluding carboxylic acids is 2. The first-order valence-electron chi connectivity index (χ1n) is 7.32. The number of carbonyl (C=O) groups is 2. The van der Waals surface area contributed by atoms with Gasteiger partial charge in [-0.15, -0.1) is 0 Å². The molecule has 2 bridgehead atoms. The lowest BCUT2D eigenvalue weighted by Crippen LogP contribution is -2.36. The average molecular weight is 306 g/mol. The number of hydrogen-bond acceptors (Lipinski definition) is 3. The predicted octanol–water partition coefficient (Wildman–Crippen LogP) is 2.78. The molecule has 0 spiro atoms. The van der Waals surface area contributed by atoms with E-state index in [1.54, 1.807) is 12.1 Å². The van der Waals surface area contributed by atoms with Gasteiger partial charge in [0, 0.05) is 16.6 Å². The maximum Gasteiger partial charge on any atom is 0.310 e. The SMILES string of the molecule is Cc1ccc(Cl)cc1NC(=O)[C@@H]1[C@@H]2C[C@@H]3[C@@H]1C(=O)O[C@@H]3C2. The number of benzene rings is 1. The molecule has 0 unspecified atom stereocenters. The Kier molecular flexibility index (Phi) is 2.80. The Balaban J connectivity index is 1.58. The third kappa shape index (κ3) is 1.89. The van der Waals surface area contributed by atoms with E-state index in [0.717, 1.165) is 24.1 Å². The minimum Gasteiger partial charge on any atom is -0.462 e. The summed E-state index contributed by atoms with van der Waals surface area (Å²) in [5, 5.41) is 3.54. The van der Waals surface area contributed by atoms with Crippen LogP contribution in [0.25, 0.3) is 0 Å². The van der Waals surface area contributed by atoms with Gasteiger partial charge in [-0.05, 0) is 43.4 Å². The number of halogens is 1. The quantitative estimate of drug-likeness (QED) is 0.855. The number of esters is 1. The van der Waals surface area contributed by atoms with Gasteiger partial charge in [0.15, 0.2) is 0 Å². The van der Waals surface area contributed by atoms with Crippen molar-refractivity contribution in [1.29, 1.82) is 0 Å². The van der Waals surface area contributed by atoms with Crippen LogP contribution in [0.1, 0.15) is 18.4 Å². The van der Waals surface area contributed by atoms with E-state index in [1.807, 2.05) is 13.0 Å². The van der Waals surface area contributed by atoms with Crippen molar-refractivity contribution in [3.05, 3.63) is 28.8 Å². The van der Waals surface area contributed by atoms with Crippen LogP contribution in [0.4, 0.5) is 5.69 Å². The second-order valence-corrected chi connectivity index (χ2v) is 6.81. The molecular weight excluding hydrogens is 290 g/mol. The lowest BCUT2D eigenvalue weighted by Gasteiger charge is -2.24. The van der Waals surface area contributed by atoms with E-state index >= 15 is 0 Å². The maximum atomic E-state index is 12.6. The third-order valence-electron chi connectivity index (χ3n) is 5.24. The van der Waals surface area contributed by atoms with Crippen molar-refractivity contribution in [2.24, 2.45) is 23.7 Å². The predicted molar refractivity (Wildman–Crippen MR) is 77.9 cm³/mol. The Morgan fingerprint density at radius 2 is 2.19 bits per heavy atom. The summed E-state index contributed by atoms with van der Waals surface area (Å²) >= 11 is 5.98. The standard InChI is InChI=1S/C16H16ClNO3/c1-7-2-3-9(17)6-11(7)18-15(19)13-8-4-10-12(5-8)21-16(20)14(10)13/h2-3,6,8,10,12-14H,4-5H2,1H3,(H,18,19)/t8-,10+,12-,13-,14+/m1/s1. The Hall–Kier alpha value is -1.55.